The van der Waals surface area contributed by atoms with Gasteiger partial charge in [0, 0.05) is 18.8 Å². The van der Waals surface area contributed by atoms with E-state index < -0.39 is 0 Å². The van der Waals surface area contributed by atoms with Gasteiger partial charge in [0.05, 0.1) is 12.5 Å². The van der Waals surface area contributed by atoms with Gasteiger partial charge in [-0.25, -0.2) is 4.98 Å². The van der Waals surface area contributed by atoms with Crippen LogP contribution >= 0.6 is 0 Å². The second kappa shape index (κ2) is 4.18. The van der Waals surface area contributed by atoms with Crippen molar-refractivity contribution in [2.75, 3.05) is 5.32 Å². The minimum Gasteiger partial charge on any atom is -0.340 e. The first-order valence-electron chi connectivity index (χ1n) is 5.02. The van der Waals surface area contributed by atoms with Gasteiger partial charge in [0.2, 0.25) is 0 Å². The molecular weight excluding hydrogens is 206 g/mol. The quantitative estimate of drug-likeness (QED) is 0.807. The van der Waals surface area contributed by atoms with Crippen molar-refractivity contribution in [1.82, 2.24) is 19.7 Å². The molecule has 0 aliphatic heterocycles. The van der Waals surface area contributed by atoms with E-state index >= 15 is 0 Å². The van der Waals surface area contributed by atoms with E-state index in [1.807, 2.05) is 14.0 Å². The highest BCUT2D eigenvalue weighted by molar-refractivity contribution is 6.02. The number of carbonyl (C=O) groups excluding carboxylic acids is 1. The zero-order valence-electron chi connectivity index (χ0n) is 9.19. The molecule has 2 aromatic heterocycles. The van der Waals surface area contributed by atoms with Gasteiger partial charge in [-0.1, -0.05) is 6.92 Å². The van der Waals surface area contributed by atoms with Crippen LogP contribution in [0.3, 0.4) is 0 Å². The number of imidazole rings is 1. The molecule has 2 rings (SSSR count). The Balaban J connectivity index is 2.13. The Morgan fingerprint density at radius 2 is 2.44 bits per heavy atom. The second-order valence-electron chi connectivity index (χ2n) is 3.50. The Bertz CT molecular complexity index is 499. The third kappa shape index (κ3) is 1.95. The Morgan fingerprint density at radius 1 is 1.62 bits per heavy atom. The lowest BCUT2D eigenvalue weighted by Crippen LogP contribution is -2.13. The summed E-state index contributed by atoms with van der Waals surface area (Å²) in [6.07, 6.45) is 5.77. The van der Waals surface area contributed by atoms with E-state index in [0.29, 0.717) is 11.5 Å². The number of amides is 1. The SMILES string of the molecule is CCc1cn[nH]c1NC(=O)c1cn(C)cn1. The minimum atomic E-state index is -0.237. The highest BCUT2D eigenvalue weighted by Crippen LogP contribution is 2.12. The number of nitrogens with zero attached hydrogens (tertiary/aromatic N) is 3. The first-order valence-corrected chi connectivity index (χ1v) is 5.02. The summed E-state index contributed by atoms with van der Waals surface area (Å²) in [6.45, 7) is 2.00. The molecule has 0 unspecified atom stereocenters. The van der Waals surface area contributed by atoms with Crippen molar-refractivity contribution < 1.29 is 4.79 Å². The molecule has 84 valence electrons. The van der Waals surface area contributed by atoms with Crippen LogP contribution in [0.5, 0.6) is 0 Å². The fraction of sp³-hybridized carbons (Fsp3) is 0.300. The lowest BCUT2D eigenvalue weighted by Gasteiger charge is -2.01. The maximum atomic E-state index is 11.8. The summed E-state index contributed by atoms with van der Waals surface area (Å²) < 4.78 is 1.72. The molecule has 6 heteroatoms. The molecule has 2 aromatic rings. The van der Waals surface area contributed by atoms with E-state index in [4.69, 9.17) is 0 Å². The number of aromatic nitrogens is 4. The number of aromatic amines is 1. The van der Waals surface area contributed by atoms with Gasteiger partial charge < -0.3 is 9.88 Å². The zero-order valence-corrected chi connectivity index (χ0v) is 9.19. The normalized spacial score (nSPS) is 10.4. The van der Waals surface area contributed by atoms with E-state index in [2.05, 4.69) is 20.5 Å². The molecule has 2 N–H and O–H groups in total. The topological polar surface area (TPSA) is 75.6 Å². The monoisotopic (exact) mass is 219 g/mol. The first-order chi connectivity index (χ1) is 7.70. The first kappa shape index (κ1) is 10.4. The molecule has 6 nitrogen and oxygen atoms in total. The van der Waals surface area contributed by atoms with Gasteiger partial charge in [0.1, 0.15) is 11.5 Å². The molecule has 0 saturated carbocycles. The molecule has 0 aliphatic rings. The standard InChI is InChI=1S/C10H13N5O/c1-3-7-4-12-14-9(7)13-10(16)8-5-15(2)6-11-8/h4-6H,3H2,1-2H3,(H2,12,13,14,16). The number of nitrogens with one attached hydrogen (secondary N) is 2. The molecule has 2 heterocycles. The van der Waals surface area contributed by atoms with E-state index in [-0.39, 0.29) is 5.91 Å². The molecule has 1 amide bonds. The van der Waals surface area contributed by atoms with Crippen molar-refractivity contribution in [3.8, 4) is 0 Å². The highest BCUT2D eigenvalue weighted by atomic mass is 16.2. The summed E-state index contributed by atoms with van der Waals surface area (Å²) in [4.78, 5) is 15.7. The van der Waals surface area contributed by atoms with Crippen LogP contribution in [0.1, 0.15) is 23.0 Å². The Hall–Kier alpha value is -2.11. The molecule has 0 atom stereocenters. The number of carbonyl (C=O) groups is 1. The van der Waals surface area contributed by atoms with Crippen molar-refractivity contribution in [3.05, 3.63) is 30.0 Å². The number of H-pyrrole nitrogens is 1. The third-order valence-electron chi connectivity index (χ3n) is 2.27. The lowest BCUT2D eigenvalue weighted by atomic mass is 10.2. The fourth-order valence-electron chi connectivity index (χ4n) is 1.40. The number of hydrogen-bond acceptors (Lipinski definition) is 3. The van der Waals surface area contributed by atoms with Gasteiger partial charge in [-0.2, -0.15) is 5.10 Å². The number of hydrogen-bond donors (Lipinski definition) is 2. The molecule has 0 bridgehead atoms. The van der Waals surface area contributed by atoms with Gasteiger partial charge in [0.25, 0.3) is 5.91 Å². The predicted molar refractivity (Wildman–Crippen MR) is 59.1 cm³/mol. The summed E-state index contributed by atoms with van der Waals surface area (Å²) in [5, 5.41) is 9.37. The Labute approximate surface area is 92.7 Å². The van der Waals surface area contributed by atoms with E-state index in [1.165, 1.54) is 0 Å². The number of aryl methyl sites for hydroxylation is 2. The highest BCUT2D eigenvalue weighted by Gasteiger charge is 2.11. The Kier molecular flexibility index (Phi) is 2.72. The van der Waals surface area contributed by atoms with Gasteiger partial charge in [-0.15, -0.1) is 0 Å². The Morgan fingerprint density at radius 3 is 3.06 bits per heavy atom. The van der Waals surface area contributed by atoms with Crippen LogP contribution in [0.15, 0.2) is 18.7 Å². The predicted octanol–water partition coefficient (Wildman–Crippen LogP) is 0.958. The van der Waals surface area contributed by atoms with Crippen LogP contribution in [0.25, 0.3) is 0 Å². The average Bonchev–Trinajstić information content (AvgIpc) is 2.86. The lowest BCUT2D eigenvalue weighted by molar-refractivity contribution is 0.102. The van der Waals surface area contributed by atoms with Crippen LogP contribution in [0.2, 0.25) is 0 Å². The number of rotatable bonds is 3. The van der Waals surface area contributed by atoms with Gasteiger partial charge in [0.15, 0.2) is 0 Å². The van der Waals surface area contributed by atoms with Crippen molar-refractivity contribution in [1.29, 1.82) is 0 Å². The van der Waals surface area contributed by atoms with Gasteiger partial charge in [-0.3, -0.25) is 9.89 Å². The van der Waals surface area contributed by atoms with Crippen molar-refractivity contribution in [3.63, 3.8) is 0 Å². The smallest absolute Gasteiger partial charge is 0.276 e. The molecule has 0 aromatic carbocycles. The maximum absolute atomic E-state index is 11.8. The molecule has 0 fully saturated rings. The van der Waals surface area contributed by atoms with Crippen molar-refractivity contribution in [2.45, 2.75) is 13.3 Å². The van der Waals surface area contributed by atoms with Crippen LogP contribution < -0.4 is 5.32 Å². The summed E-state index contributed by atoms with van der Waals surface area (Å²) >= 11 is 0. The van der Waals surface area contributed by atoms with Crippen LogP contribution in [-0.4, -0.2) is 25.7 Å². The largest absolute Gasteiger partial charge is 0.340 e. The maximum Gasteiger partial charge on any atom is 0.276 e. The van der Waals surface area contributed by atoms with Crippen LogP contribution in [-0.2, 0) is 13.5 Å². The zero-order chi connectivity index (χ0) is 11.5. The van der Waals surface area contributed by atoms with Gasteiger partial charge >= 0.3 is 0 Å². The van der Waals surface area contributed by atoms with Gasteiger partial charge in [-0.05, 0) is 6.42 Å². The third-order valence-corrected chi connectivity index (χ3v) is 2.27. The van der Waals surface area contributed by atoms with Crippen LogP contribution in [0, 0.1) is 0 Å². The van der Waals surface area contributed by atoms with E-state index in [9.17, 15) is 4.79 Å². The molecule has 0 aliphatic carbocycles. The minimum absolute atomic E-state index is 0.237. The summed E-state index contributed by atoms with van der Waals surface area (Å²) in [6, 6.07) is 0. The van der Waals surface area contributed by atoms with Crippen molar-refractivity contribution in [2.24, 2.45) is 7.05 Å². The van der Waals surface area contributed by atoms with Crippen LogP contribution in [0.4, 0.5) is 5.82 Å². The molecule has 16 heavy (non-hydrogen) atoms. The summed E-state index contributed by atoms with van der Waals surface area (Å²) in [5.41, 5.74) is 1.36. The fourth-order valence-corrected chi connectivity index (χ4v) is 1.40. The summed E-state index contributed by atoms with van der Waals surface area (Å²) in [5.74, 6) is 0.401. The van der Waals surface area contributed by atoms with E-state index in [0.717, 1.165) is 12.0 Å². The summed E-state index contributed by atoms with van der Waals surface area (Å²) in [7, 11) is 1.82. The molecule has 0 spiro atoms. The van der Waals surface area contributed by atoms with Crippen molar-refractivity contribution >= 4 is 11.7 Å². The molecular formula is C10H13N5O. The second-order valence-corrected chi connectivity index (χ2v) is 3.50. The molecule has 0 radical (unpaired) electrons. The number of anilines is 1. The molecule has 0 saturated heterocycles. The van der Waals surface area contributed by atoms with E-state index in [1.54, 1.807) is 23.3 Å². The average molecular weight is 219 g/mol.